The zero-order chi connectivity index (χ0) is 3.58. The Morgan fingerprint density at radius 3 is 1.83 bits per heavy atom. The van der Waals surface area contributed by atoms with Crippen LogP contribution in [-0.2, 0) is 4.46 Å². The Bertz CT molecular complexity index is 46.2. The van der Waals surface area contributed by atoms with Crippen molar-refractivity contribution < 1.29 is 15.0 Å². The van der Waals surface area contributed by atoms with E-state index in [0.29, 0.717) is 0 Å². The van der Waals surface area contributed by atoms with Crippen molar-refractivity contribution in [2.75, 3.05) is 0 Å². The van der Waals surface area contributed by atoms with Gasteiger partial charge in [-0.3, -0.25) is 0 Å². The summed E-state index contributed by atoms with van der Waals surface area (Å²) in [6.45, 7) is 0. The molecule has 0 aromatic heterocycles. The molecule has 2 nitrogen and oxygen atoms in total. The maximum Gasteiger partial charge on any atom is 2.00 e. The largest absolute Gasteiger partial charge is 2.00 e. The van der Waals surface area contributed by atoms with Crippen LogP contribution in [0.4, 0.5) is 0 Å². The number of halogens is 1. The average molecular weight is 165 g/mol. The minimum Gasteiger partial charge on any atom is -1.00 e. The first-order valence-electron chi connectivity index (χ1n) is 0.617. The third-order valence-corrected chi connectivity index (χ3v) is 0. The predicted octanol–water partition coefficient (Wildman–Crippen LogP) is -0.679. The Morgan fingerprint density at radius 1 is 1.83 bits per heavy atom. The SMILES string of the molecule is O=[Si](O)Cl.[Ca+2].[H-].[H-].[H-].[H-].[Mg+2]. The molecule has 0 bridgehead atoms. The molecule has 0 spiro atoms. The first kappa shape index (κ1) is 15.7. The van der Waals surface area contributed by atoms with Crippen LogP contribution in [0.15, 0.2) is 0 Å². The van der Waals surface area contributed by atoms with Crippen LogP contribution in [0, 0.1) is 0 Å². The van der Waals surface area contributed by atoms with Crippen molar-refractivity contribution in [1.82, 2.24) is 0 Å². The van der Waals surface area contributed by atoms with Crippen molar-refractivity contribution in [3.05, 3.63) is 0 Å². The molecule has 0 atom stereocenters. The summed E-state index contributed by atoms with van der Waals surface area (Å²) in [7, 11) is -2.66. The number of hydrogen-bond donors (Lipinski definition) is 1. The molecule has 0 saturated carbocycles. The molecule has 32 valence electrons. The molecule has 6 heteroatoms. The molecule has 0 saturated heterocycles. The molecule has 0 rings (SSSR count). The second-order valence-corrected chi connectivity index (χ2v) is 1.73. The van der Waals surface area contributed by atoms with Crippen LogP contribution < -0.4 is 0 Å². The van der Waals surface area contributed by atoms with E-state index < -0.39 is 8.24 Å². The van der Waals surface area contributed by atoms with Gasteiger partial charge in [-0.05, 0) is 11.1 Å². The molecule has 0 aromatic rings. The van der Waals surface area contributed by atoms with Crippen molar-refractivity contribution in [2.24, 2.45) is 0 Å². The fraction of sp³-hybridized carbons (Fsp3) is 0. The van der Waals surface area contributed by atoms with Crippen molar-refractivity contribution >= 4 is 80.1 Å². The van der Waals surface area contributed by atoms with Gasteiger partial charge in [0.15, 0.2) is 0 Å². The van der Waals surface area contributed by atoms with Gasteiger partial charge in [0, 0.05) is 0 Å². The zero-order valence-corrected chi connectivity index (χ0v) is 8.53. The van der Waals surface area contributed by atoms with Gasteiger partial charge in [0.1, 0.15) is 0 Å². The van der Waals surface area contributed by atoms with Crippen molar-refractivity contribution in [2.45, 2.75) is 0 Å². The molecule has 0 amide bonds. The summed E-state index contributed by atoms with van der Waals surface area (Å²) in [5.41, 5.74) is 0. The van der Waals surface area contributed by atoms with E-state index in [4.69, 9.17) is 9.26 Å². The quantitative estimate of drug-likeness (QED) is 0.381. The molecule has 1 N–H and O–H groups in total. The van der Waals surface area contributed by atoms with Gasteiger partial charge in [-0.15, -0.1) is 0 Å². The first-order valence-corrected chi connectivity index (χ1v) is 2.98. The summed E-state index contributed by atoms with van der Waals surface area (Å²) in [4.78, 5) is 7.37. The molecule has 0 aliphatic carbocycles. The van der Waals surface area contributed by atoms with Crippen LogP contribution in [-0.4, -0.2) is 73.8 Å². The Labute approximate surface area is 93.8 Å². The first-order chi connectivity index (χ1) is 1.73. The molecule has 0 heterocycles. The number of rotatable bonds is 0. The average Bonchev–Trinajstić information content (AvgIpc) is 0.811. The smallest absolute Gasteiger partial charge is 1.00 e. The molecule has 0 radical (unpaired) electrons. The third-order valence-electron chi connectivity index (χ3n) is 0. The maximum absolute atomic E-state index is 8.95. The van der Waals surface area contributed by atoms with E-state index in [1.165, 1.54) is 0 Å². The van der Waals surface area contributed by atoms with Gasteiger partial charge >= 0.3 is 69.0 Å². The van der Waals surface area contributed by atoms with Gasteiger partial charge in [-0.1, -0.05) is 0 Å². The van der Waals surface area contributed by atoms with E-state index in [1.807, 2.05) is 0 Å². The van der Waals surface area contributed by atoms with E-state index in [1.54, 1.807) is 0 Å². The zero-order valence-electron chi connectivity index (χ0n) is 7.15. The summed E-state index contributed by atoms with van der Waals surface area (Å²) in [6, 6.07) is 0. The van der Waals surface area contributed by atoms with Crippen LogP contribution in [0.5, 0.6) is 0 Å². The predicted molar refractivity (Wildman–Crippen MR) is 30.5 cm³/mol. The van der Waals surface area contributed by atoms with Crippen molar-refractivity contribution in [3.8, 4) is 0 Å². The molecule has 0 aliphatic heterocycles. The van der Waals surface area contributed by atoms with Gasteiger partial charge in [0.2, 0.25) is 0 Å². The molecular formula is H5CaClMgO2Si. The second-order valence-electron chi connectivity index (χ2n) is 0.253. The van der Waals surface area contributed by atoms with Gasteiger partial charge in [0.05, 0.1) is 0 Å². The minimum absolute atomic E-state index is 0. The second kappa shape index (κ2) is 10.2. The van der Waals surface area contributed by atoms with Gasteiger partial charge in [0.25, 0.3) is 0 Å². The maximum atomic E-state index is 8.95. The van der Waals surface area contributed by atoms with E-state index in [9.17, 15) is 0 Å². The summed E-state index contributed by atoms with van der Waals surface area (Å²) in [5.74, 6) is 0. The van der Waals surface area contributed by atoms with Gasteiger partial charge in [-0.2, -0.15) is 0 Å². The normalized spacial score (nSPS) is 4.17. The monoisotopic (exact) mass is 164 g/mol. The Kier molecular flexibility index (Phi) is 26.7. The van der Waals surface area contributed by atoms with E-state index >= 15 is 0 Å². The fourth-order valence-electron chi connectivity index (χ4n) is 0. The van der Waals surface area contributed by atoms with E-state index in [2.05, 4.69) is 11.1 Å². The molecule has 0 aromatic carbocycles. The summed E-state index contributed by atoms with van der Waals surface area (Å²) in [6.07, 6.45) is 0. The third kappa shape index (κ3) is 35.5. The Hall–Kier alpha value is 2.13. The molecule has 0 fully saturated rings. The summed E-state index contributed by atoms with van der Waals surface area (Å²) < 4.78 is 8.95. The number of hydrogen-bond acceptors (Lipinski definition) is 1. The standard InChI is InChI=1S/Ca.ClHO2Si.Mg.4H/c;1-4(2)3;;;;;/h;2H;;;;;/q+2;;+2;4*-1. The van der Waals surface area contributed by atoms with Crippen molar-refractivity contribution in [3.63, 3.8) is 0 Å². The van der Waals surface area contributed by atoms with Crippen molar-refractivity contribution in [1.29, 1.82) is 0 Å². The van der Waals surface area contributed by atoms with Crippen LogP contribution >= 0.6 is 11.1 Å². The van der Waals surface area contributed by atoms with Gasteiger partial charge in [-0.25, -0.2) is 0 Å². The Balaban J connectivity index is -0.00000000300. The molecular weight excluding hydrogens is 160 g/mol. The van der Waals surface area contributed by atoms with Crippen LogP contribution in [0.2, 0.25) is 0 Å². The Morgan fingerprint density at radius 2 is 1.83 bits per heavy atom. The minimum atomic E-state index is -2.66. The molecule has 0 unspecified atom stereocenters. The van der Waals surface area contributed by atoms with E-state index in [0.717, 1.165) is 0 Å². The fourth-order valence-corrected chi connectivity index (χ4v) is 0. The van der Waals surface area contributed by atoms with Crippen LogP contribution in [0.1, 0.15) is 5.71 Å². The summed E-state index contributed by atoms with van der Waals surface area (Å²) in [5, 5.41) is 0. The summed E-state index contributed by atoms with van der Waals surface area (Å²) >= 11 is 4.38. The van der Waals surface area contributed by atoms with Crippen LogP contribution in [0.3, 0.4) is 0 Å². The molecule has 0 aliphatic rings. The topological polar surface area (TPSA) is 37.3 Å². The molecule has 6 heavy (non-hydrogen) atoms. The van der Waals surface area contributed by atoms with E-state index in [-0.39, 0.29) is 66.5 Å². The van der Waals surface area contributed by atoms with Crippen LogP contribution in [0.25, 0.3) is 0 Å². The van der Waals surface area contributed by atoms with Gasteiger partial charge < -0.3 is 15.0 Å².